The number of rotatable bonds is 7. The van der Waals surface area contributed by atoms with Crippen molar-refractivity contribution in [3.8, 4) is 11.5 Å². The van der Waals surface area contributed by atoms with E-state index in [2.05, 4.69) is 18.2 Å². The monoisotopic (exact) mass is 350 g/mol. The SMILES string of the molecule is OCCCCC12COC3(c4cccc(Oc5ccccc5)c4)CCC13C2. The maximum absolute atomic E-state index is 9.10. The van der Waals surface area contributed by atoms with Gasteiger partial charge < -0.3 is 14.6 Å². The minimum atomic E-state index is -0.109. The van der Waals surface area contributed by atoms with Crippen LogP contribution in [0.4, 0.5) is 0 Å². The summed E-state index contributed by atoms with van der Waals surface area (Å²) in [6, 6.07) is 18.4. The van der Waals surface area contributed by atoms with E-state index in [1.165, 1.54) is 24.8 Å². The Balaban J connectivity index is 1.39. The molecule has 26 heavy (non-hydrogen) atoms. The molecule has 3 atom stereocenters. The highest BCUT2D eigenvalue weighted by Gasteiger charge is 2.84. The van der Waals surface area contributed by atoms with E-state index < -0.39 is 0 Å². The van der Waals surface area contributed by atoms with Crippen molar-refractivity contribution >= 4 is 0 Å². The summed E-state index contributed by atoms with van der Waals surface area (Å²) in [5, 5.41) is 9.10. The maximum atomic E-state index is 9.10. The van der Waals surface area contributed by atoms with Gasteiger partial charge in [-0.25, -0.2) is 0 Å². The number of hydrogen-bond acceptors (Lipinski definition) is 3. The molecule has 0 radical (unpaired) electrons. The van der Waals surface area contributed by atoms with Gasteiger partial charge in [0.1, 0.15) is 11.5 Å². The van der Waals surface area contributed by atoms with E-state index in [0.29, 0.717) is 17.4 Å². The Bertz CT molecular complexity index is 800. The molecule has 1 aliphatic heterocycles. The van der Waals surface area contributed by atoms with Gasteiger partial charge in [-0.05, 0) is 61.9 Å². The molecule has 1 N–H and O–H groups in total. The van der Waals surface area contributed by atoms with Crippen LogP contribution in [0, 0.1) is 10.8 Å². The molecule has 3 nitrogen and oxygen atoms in total. The average molecular weight is 350 g/mol. The molecule has 0 amide bonds. The normalized spacial score (nSPS) is 33.9. The van der Waals surface area contributed by atoms with Crippen molar-refractivity contribution in [3.05, 3.63) is 60.2 Å². The van der Waals surface area contributed by atoms with Gasteiger partial charge >= 0.3 is 0 Å². The molecule has 3 aliphatic rings. The van der Waals surface area contributed by atoms with Crippen LogP contribution in [0.2, 0.25) is 0 Å². The van der Waals surface area contributed by atoms with Crippen molar-refractivity contribution < 1.29 is 14.6 Å². The Morgan fingerprint density at radius 1 is 0.962 bits per heavy atom. The van der Waals surface area contributed by atoms with Gasteiger partial charge in [0, 0.05) is 17.4 Å². The lowest BCUT2D eigenvalue weighted by molar-refractivity contribution is -0.125. The zero-order valence-electron chi connectivity index (χ0n) is 15.1. The highest BCUT2D eigenvalue weighted by atomic mass is 16.5. The molecule has 2 aromatic carbocycles. The fraction of sp³-hybridized carbons (Fsp3) is 0.478. The Kier molecular flexibility index (Phi) is 3.67. The van der Waals surface area contributed by atoms with Gasteiger partial charge in [-0.1, -0.05) is 36.8 Å². The van der Waals surface area contributed by atoms with Crippen LogP contribution < -0.4 is 4.74 Å². The highest BCUT2D eigenvalue weighted by molar-refractivity contribution is 5.44. The number of unbranched alkanes of at least 4 members (excludes halogenated alkanes) is 1. The van der Waals surface area contributed by atoms with Crippen molar-refractivity contribution in [2.24, 2.45) is 10.8 Å². The molecular formula is C23H26O3. The van der Waals surface area contributed by atoms with Crippen molar-refractivity contribution in [1.29, 1.82) is 0 Å². The molecule has 5 rings (SSSR count). The van der Waals surface area contributed by atoms with E-state index in [4.69, 9.17) is 14.6 Å². The van der Waals surface area contributed by atoms with Crippen LogP contribution in [-0.2, 0) is 10.3 Å². The highest BCUT2D eigenvalue weighted by Crippen LogP contribution is 2.87. The fourth-order valence-electron chi connectivity index (χ4n) is 5.69. The van der Waals surface area contributed by atoms with E-state index in [9.17, 15) is 0 Å². The molecule has 136 valence electrons. The smallest absolute Gasteiger partial charge is 0.127 e. The van der Waals surface area contributed by atoms with E-state index in [-0.39, 0.29) is 5.60 Å². The zero-order chi connectivity index (χ0) is 17.7. The van der Waals surface area contributed by atoms with E-state index in [1.54, 1.807) is 0 Å². The van der Waals surface area contributed by atoms with Gasteiger partial charge in [0.05, 0.1) is 12.2 Å². The predicted molar refractivity (Wildman–Crippen MR) is 100 cm³/mol. The zero-order valence-corrected chi connectivity index (χ0v) is 15.1. The molecule has 2 aliphatic carbocycles. The second-order valence-corrected chi connectivity index (χ2v) is 8.28. The van der Waals surface area contributed by atoms with Crippen LogP contribution in [0.1, 0.15) is 44.1 Å². The minimum Gasteiger partial charge on any atom is -0.457 e. The molecule has 3 heteroatoms. The largest absolute Gasteiger partial charge is 0.457 e. The summed E-state index contributed by atoms with van der Waals surface area (Å²) in [5.74, 6) is 1.75. The maximum Gasteiger partial charge on any atom is 0.127 e. The second-order valence-electron chi connectivity index (χ2n) is 8.28. The Morgan fingerprint density at radius 2 is 1.81 bits per heavy atom. The summed E-state index contributed by atoms with van der Waals surface area (Å²) in [4.78, 5) is 0. The topological polar surface area (TPSA) is 38.7 Å². The fourth-order valence-corrected chi connectivity index (χ4v) is 5.69. The van der Waals surface area contributed by atoms with Crippen LogP contribution in [0.25, 0.3) is 0 Å². The molecule has 0 aromatic heterocycles. The summed E-state index contributed by atoms with van der Waals surface area (Å²) in [5.41, 5.74) is 1.86. The lowest BCUT2D eigenvalue weighted by Gasteiger charge is -2.48. The number of hydrogen-bond donors (Lipinski definition) is 1. The Labute approximate surface area is 155 Å². The van der Waals surface area contributed by atoms with Crippen LogP contribution in [0.15, 0.2) is 54.6 Å². The van der Waals surface area contributed by atoms with Gasteiger partial charge in [-0.3, -0.25) is 0 Å². The summed E-state index contributed by atoms with van der Waals surface area (Å²) < 4.78 is 12.6. The molecule has 2 saturated carbocycles. The number of benzene rings is 2. The average Bonchev–Trinajstić information content (AvgIpc) is 3.30. The first-order chi connectivity index (χ1) is 12.7. The molecule has 2 aromatic rings. The summed E-state index contributed by atoms with van der Waals surface area (Å²) in [6.07, 6.45) is 6.88. The second kappa shape index (κ2) is 5.83. The minimum absolute atomic E-state index is 0.109. The standard InChI is InChI=1S/C23H26O3/c24-14-5-4-11-21-16-22(21)12-13-23(22,25-17-21)18-7-6-10-20(15-18)26-19-8-2-1-3-9-19/h1-3,6-10,15,24H,4-5,11-14,16-17H2. The Hall–Kier alpha value is -1.84. The Morgan fingerprint density at radius 3 is 2.58 bits per heavy atom. The quantitative estimate of drug-likeness (QED) is 0.711. The third-order valence-corrected chi connectivity index (χ3v) is 7.14. The van der Waals surface area contributed by atoms with Gasteiger partial charge in [-0.15, -0.1) is 0 Å². The number of aliphatic hydroxyl groups excluding tert-OH is 1. The molecule has 1 spiro atoms. The predicted octanol–water partition coefficient (Wildman–Crippen LogP) is 5.04. The van der Waals surface area contributed by atoms with Crippen LogP contribution in [0.3, 0.4) is 0 Å². The van der Waals surface area contributed by atoms with Gasteiger partial charge in [0.15, 0.2) is 0 Å². The van der Waals surface area contributed by atoms with E-state index >= 15 is 0 Å². The first kappa shape index (κ1) is 16.3. The van der Waals surface area contributed by atoms with E-state index in [0.717, 1.165) is 37.4 Å². The van der Waals surface area contributed by atoms with Crippen molar-refractivity contribution in [3.63, 3.8) is 0 Å². The number of ether oxygens (including phenoxy) is 2. The molecule has 1 heterocycles. The summed E-state index contributed by atoms with van der Waals surface area (Å²) in [6.45, 7) is 1.18. The van der Waals surface area contributed by atoms with Crippen molar-refractivity contribution in [2.45, 2.75) is 44.1 Å². The third-order valence-electron chi connectivity index (χ3n) is 7.14. The lowest BCUT2D eigenvalue weighted by Crippen LogP contribution is -2.46. The summed E-state index contributed by atoms with van der Waals surface area (Å²) in [7, 11) is 0. The van der Waals surface area contributed by atoms with Crippen molar-refractivity contribution in [1.82, 2.24) is 0 Å². The summed E-state index contributed by atoms with van der Waals surface area (Å²) >= 11 is 0. The van der Waals surface area contributed by atoms with Crippen molar-refractivity contribution in [2.75, 3.05) is 13.2 Å². The molecule has 3 fully saturated rings. The first-order valence-corrected chi connectivity index (χ1v) is 9.82. The van der Waals surface area contributed by atoms with Crippen LogP contribution in [-0.4, -0.2) is 18.3 Å². The van der Waals surface area contributed by atoms with Gasteiger partial charge in [-0.2, -0.15) is 0 Å². The molecule has 3 unspecified atom stereocenters. The number of aliphatic hydroxyl groups is 1. The van der Waals surface area contributed by atoms with Crippen LogP contribution >= 0.6 is 0 Å². The van der Waals surface area contributed by atoms with E-state index in [1.807, 2.05) is 36.4 Å². The van der Waals surface area contributed by atoms with Gasteiger partial charge in [0.25, 0.3) is 0 Å². The molecule has 1 saturated heterocycles. The van der Waals surface area contributed by atoms with Gasteiger partial charge in [0.2, 0.25) is 0 Å². The molecule has 0 bridgehead atoms. The third kappa shape index (κ3) is 2.14. The molecular weight excluding hydrogens is 324 g/mol. The lowest BCUT2D eigenvalue weighted by atomic mass is 9.60. The number of para-hydroxylation sites is 1. The van der Waals surface area contributed by atoms with Crippen LogP contribution in [0.5, 0.6) is 11.5 Å². The first-order valence-electron chi connectivity index (χ1n) is 9.82.